The summed E-state index contributed by atoms with van der Waals surface area (Å²) in [4.78, 5) is 13.5. The standard InChI is InChI=1S/C13H28N2O2.ClH/c1-5-17-10-6-7-13(16)15(4)9-8-12(14)11(2)3;/h11-12H,5-10,14H2,1-4H3;1H. The van der Waals surface area contributed by atoms with Crippen LogP contribution in [0.25, 0.3) is 0 Å². The second kappa shape index (κ2) is 11.8. The number of ether oxygens (including phenoxy) is 1. The summed E-state index contributed by atoms with van der Waals surface area (Å²) in [6.07, 6.45) is 2.23. The molecule has 0 fully saturated rings. The highest BCUT2D eigenvalue weighted by molar-refractivity contribution is 5.85. The molecular weight excluding hydrogens is 252 g/mol. The molecule has 1 unspecified atom stereocenters. The van der Waals surface area contributed by atoms with Gasteiger partial charge in [0.05, 0.1) is 0 Å². The Labute approximate surface area is 118 Å². The van der Waals surface area contributed by atoms with E-state index in [9.17, 15) is 4.79 Å². The first-order valence-electron chi connectivity index (χ1n) is 6.56. The van der Waals surface area contributed by atoms with Crippen LogP contribution in [0.2, 0.25) is 0 Å². The quantitative estimate of drug-likeness (QED) is 0.658. The molecule has 0 radical (unpaired) electrons. The third-order valence-corrected chi connectivity index (χ3v) is 2.96. The summed E-state index contributed by atoms with van der Waals surface area (Å²) in [6.45, 7) is 8.30. The van der Waals surface area contributed by atoms with Crippen molar-refractivity contribution in [2.45, 2.75) is 46.1 Å². The van der Waals surface area contributed by atoms with Crippen LogP contribution in [0.15, 0.2) is 0 Å². The topological polar surface area (TPSA) is 55.6 Å². The minimum absolute atomic E-state index is 0. The summed E-state index contributed by atoms with van der Waals surface area (Å²) in [5.41, 5.74) is 5.95. The highest BCUT2D eigenvalue weighted by atomic mass is 35.5. The van der Waals surface area contributed by atoms with Gasteiger partial charge < -0.3 is 15.4 Å². The maximum absolute atomic E-state index is 11.7. The van der Waals surface area contributed by atoms with Crippen LogP contribution < -0.4 is 5.73 Å². The second-order valence-electron chi connectivity index (χ2n) is 4.81. The molecule has 0 aromatic carbocycles. The van der Waals surface area contributed by atoms with E-state index in [4.69, 9.17) is 10.5 Å². The molecule has 0 aliphatic carbocycles. The summed E-state index contributed by atoms with van der Waals surface area (Å²) >= 11 is 0. The Morgan fingerprint density at radius 3 is 2.50 bits per heavy atom. The number of nitrogens with two attached hydrogens (primary N) is 1. The van der Waals surface area contributed by atoms with Gasteiger partial charge in [0.25, 0.3) is 0 Å². The zero-order valence-electron chi connectivity index (χ0n) is 12.1. The summed E-state index contributed by atoms with van der Waals surface area (Å²) in [7, 11) is 1.84. The van der Waals surface area contributed by atoms with Gasteiger partial charge in [-0.25, -0.2) is 0 Å². The summed E-state index contributed by atoms with van der Waals surface area (Å²) in [6, 6.07) is 0.175. The molecular formula is C13H29ClN2O2. The molecule has 0 rings (SSSR count). The minimum atomic E-state index is 0. The molecule has 5 heteroatoms. The number of hydrogen-bond donors (Lipinski definition) is 1. The van der Waals surface area contributed by atoms with Crippen molar-refractivity contribution in [3.05, 3.63) is 0 Å². The van der Waals surface area contributed by atoms with Crippen molar-refractivity contribution in [3.8, 4) is 0 Å². The molecule has 0 aliphatic rings. The van der Waals surface area contributed by atoms with Crippen LogP contribution in [0.3, 0.4) is 0 Å². The lowest BCUT2D eigenvalue weighted by Gasteiger charge is -2.21. The zero-order valence-corrected chi connectivity index (χ0v) is 13.0. The van der Waals surface area contributed by atoms with E-state index in [-0.39, 0.29) is 24.4 Å². The summed E-state index contributed by atoms with van der Waals surface area (Å²) in [5.74, 6) is 0.650. The highest BCUT2D eigenvalue weighted by Crippen LogP contribution is 2.05. The molecule has 0 spiro atoms. The first-order chi connectivity index (χ1) is 7.99. The molecule has 0 saturated carbocycles. The van der Waals surface area contributed by atoms with Gasteiger partial charge in [-0.05, 0) is 25.7 Å². The lowest BCUT2D eigenvalue weighted by atomic mass is 10.0. The normalized spacial score (nSPS) is 12.1. The maximum atomic E-state index is 11.7. The molecule has 0 bridgehead atoms. The largest absolute Gasteiger partial charge is 0.382 e. The predicted molar refractivity (Wildman–Crippen MR) is 78.0 cm³/mol. The van der Waals surface area contributed by atoms with E-state index in [0.29, 0.717) is 25.6 Å². The lowest BCUT2D eigenvalue weighted by molar-refractivity contribution is -0.130. The average molecular weight is 281 g/mol. The number of amides is 1. The van der Waals surface area contributed by atoms with Gasteiger partial charge in [-0.1, -0.05) is 13.8 Å². The second-order valence-corrected chi connectivity index (χ2v) is 4.81. The van der Waals surface area contributed by atoms with Crippen molar-refractivity contribution in [3.63, 3.8) is 0 Å². The Balaban J connectivity index is 0. The van der Waals surface area contributed by atoms with Crippen molar-refractivity contribution in [1.29, 1.82) is 0 Å². The molecule has 1 amide bonds. The van der Waals surface area contributed by atoms with Gasteiger partial charge in [-0.2, -0.15) is 0 Å². The number of carbonyl (C=O) groups excluding carboxylic acids is 1. The molecule has 0 aromatic heterocycles. The maximum Gasteiger partial charge on any atom is 0.222 e. The van der Waals surface area contributed by atoms with Crippen LogP contribution in [0.1, 0.15) is 40.0 Å². The van der Waals surface area contributed by atoms with Crippen LogP contribution in [-0.2, 0) is 9.53 Å². The van der Waals surface area contributed by atoms with Gasteiger partial charge in [0, 0.05) is 39.3 Å². The third kappa shape index (κ3) is 9.68. The van der Waals surface area contributed by atoms with Crippen molar-refractivity contribution in [1.82, 2.24) is 4.90 Å². The Bertz CT molecular complexity index is 213. The Morgan fingerprint density at radius 2 is 2.00 bits per heavy atom. The Hall–Kier alpha value is -0.320. The fourth-order valence-corrected chi connectivity index (χ4v) is 1.46. The van der Waals surface area contributed by atoms with Crippen molar-refractivity contribution in [2.75, 3.05) is 26.8 Å². The first-order valence-corrected chi connectivity index (χ1v) is 6.56. The zero-order chi connectivity index (χ0) is 13.3. The van der Waals surface area contributed by atoms with Gasteiger partial charge in [0.1, 0.15) is 0 Å². The van der Waals surface area contributed by atoms with E-state index in [1.807, 2.05) is 14.0 Å². The number of nitrogens with zero attached hydrogens (tertiary/aromatic N) is 1. The molecule has 1 atom stereocenters. The van der Waals surface area contributed by atoms with Crippen molar-refractivity contribution >= 4 is 18.3 Å². The van der Waals surface area contributed by atoms with Crippen molar-refractivity contribution in [2.24, 2.45) is 11.7 Å². The molecule has 2 N–H and O–H groups in total. The summed E-state index contributed by atoms with van der Waals surface area (Å²) in [5, 5.41) is 0. The van der Waals surface area contributed by atoms with E-state index in [2.05, 4.69) is 13.8 Å². The van der Waals surface area contributed by atoms with Crippen LogP contribution in [0.5, 0.6) is 0 Å². The third-order valence-electron chi connectivity index (χ3n) is 2.96. The molecule has 4 nitrogen and oxygen atoms in total. The smallest absolute Gasteiger partial charge is 0.222 e. The predicted octanol–water partition coefficient (Wildman–Crippen LogP) is 2.06. The highest BCUT2D eigenvalue weighted by Gasteiger charge is 2.12. The number of carbonyl (C=O) groups is 1. The first kappa shape index (κ1) is 20.0. The minimum Gasteiger partial charge on any atom is -0.382 e. The Morgan fingerprint density at radius 1 is 1.39 bits per heavy atom. The number of hydrogen-bond acceptors (Lipinski definition) is 3. The monoisotopic (exact) mass is 280 g/mol. The molecule has 0 aromatic rings. The van der Waals surface area contributed by atoms with Gasteiger partial charge in [-0.15, -0.1) is 12.4 Å². The van der Waals surface area contributed by atoms with E-state index in [0.717, 1.165) is 19.4 Å². The molecule has 110 valence electrons. The number of rotatable bonds is 9. The fraction of sp³-hybridized carbons (Fsp3) is 0.923. The molecule has 0 aliphatic heterocycles. The van der Waals surface area contributed by atoms with Crippen LogP contribution in [0, 0.1) is 5.92 Å². The van der Waals surface area contributed by atoms with Crippen LogP contribution in [0.4, 0.5) is 0 Å². The molecule has 0 saturated heterocycles. The SMILES string of the molecule is CCOCCCC(=O)N(C)CCC(N)C(C)C.Cl. The van der Waals surface area contributed by atoms with E-state index in [1.165, 1.54) is 0 Å². The molecule has 0 heterocycles. The van der Waals surface area contributed by atoms with Gasteiger partial charge in [0.15, 0.2) is 0 Å². The number of halogens is 1. The van der Waals surface area contributed by atoms with E-state index in [1.54, 1.807) is 4.90 Å². The van der Waals surface area contributed by atoms with Crippen molar-refractivity contribution < 1.29 is 9.53 Å². The van der Waals surface area contributed by atoms with Crippen LogP contribution in [-0.4, -0.2) is 43.7 Å². The summed E-state index contributed by atoms with van der Waals surface area (Å²) < 4.78 is 5.20. The Kier molecular flexibility index (Phi) is 13.1. The lowest BCUT2D eigenvalue weighted by Crippen LogP contribution is -2.34. The van der Waals surface area contributed by atoms with Gasteiger partial charge in [-0.3, -0.25) is 4.79 Å². The van der Waals surface area contributed by atoms with E-state index >= 15 is 0 Å². The fourth-order valence-electron chi connectivity index (χ4n) is 1.46. The van der Waals surface area contributed by atoms with Gasteiger partial charge >= 0.3 is 0 Å². The average Bonchev–Trinajstić information content (AvgIpc) is 2.30. The van der Waals surface area contributed by atoms with Crippen LogP contribution >= 0.6 is 12.4 Å². The van der Waals surface area contributed by atoms with E-state index < -0.39 is 0 Å². The van der Waals surface area contributed by atoms with Gasteiger partial charge in [0.2, 0.25) is 5.91 Å². The molecule has 18 heavy (non-hydrogen) atoms.